The van der Waals surface area contributed by atoms with Crippen LogP contribution in [0.4, 0.5) is 0 Å². The van der Waals surface area contributed by atoms with Gasteiger partial charge in [-0.3, -0.25) is 0 Å². The molecule has 0 amide bonds. The van der Waals surface area contributed by atoms with E-state index in [1.54, 1.807) is 0 Å². The molecule has 0 bridgehead atoms. The maximum absolute atomic E-state index is 5.70. The van der Waals surface area contributed by atoms with Crippen LogP contribution < -0.4 is 9.31 Å². The van der Waals surface area contributed by atoms with E-state index in [-0.39, 0.29) is 0 Å². The average molecular weight is 222 g/mol. The van der Waals surface area contributed by atoms with E-state index in [2.05, 4.69) is 6.58 Å². The number of para-hydroxylation sites is 2. The van der Waals surface area contributed by atoms with Crippen LogP contribution in [0, 0.1) is 0 Å². The van der Waals surface area contributed by atoms with Crippen molar-refractivity contribution in [1.82, 2.24) is 0 Å². The zero-order chi connectivity index (χ0) is 11.7. The van der Waals surface area contributed by atoms with Crippen LogP contribution in [-0.2, 0) is 0 Å². The lowest BCUT2D eigenvalue weighted by Crippen LogP contribution is -2.26. The van der Waals surface area contributed by atoms with Gasteiger partial charge in [-0.25, -0.2) is 0 Å². The summed E-state index contributed by atoms with van der Waals surface area (Å²) in [6, 6.07) is 17.6. The molecule has 0 radical (unpaired) electrons. The summed E-state index contributed by atoms with van der Waals surface area (Å²) in [5.74, 6) is 1.55. The third-order valence-corrected chi connectivity index (χ3v) is 2.75. The molecule has 82 valence electrons. The van der Waals surface area contributed by atoms with Crippen molar-refractivity contribution >= 4 is 12.6 Å². The predicted octanol–water partition coefficient (Wildman–Crippen LogP) is 3.20. The highest BCUT2D eigenvalue weighted by Gasteiger charge is 2.35. The Bertz CT molecular complexity index is 526. The van der Waals surface area contributed by atoms with Crippen molar-refractivity contribution in [3.8, 4) is 11.5 Å². The topological polar surface area (TPSA) is 18.5 Å². The Balaban J connectivity index is 1.84. The summed E-state index contributed by atoms with van der Waals surface area (Å²) >= 11 is 0. The Morgan fingerprint density at radius 2 is 1.35 bits per heavy atom. The lowest BCUT2D eigenvalue weighted by molar-refractivity contribution is 0.520. The molecule has 17 heavy (non-hydrogen) atoms. The lowest BCUT2D eigenvalue weighted by Gasteiger charge is -2.07. The predicted molar refractivity (Wildman–Crippen MR) is 68.9 cm³/mol. The molecule has 0 N–H and O–H groups in total. The molecule has 0 saturated heterocycles. The first-order valence-corrected chi connectivity index (χ1v) is 5.51. The highest BCUT2D eigenvalue weighted by Crippen LogP contribution is 2.35. The van der Waals surface area contributed by atoms with Gasteiger partial charge >= 0.3 is 7.12 Å². The minimum absolute atomic E-state index is 0.421. The third kappa shape index (κ3) is 1.80. The van der Waals surface area contributed by atoms with E-state index in [0.717, 1.165) is 22.5 Å². The van der Waals surface area contributed by atoms with Crippen LogP contribution >= 0.6 is 0 Å². The van der Waals surface area contributed by atoms with E-state index < -0.39 is 7.12 Å². The maximum Gasteiger partial charge on any atom is 0.632 e. The second kappa shape index (κ2) is 4.02. The van der Waals surface area contributed by atoms with Crippen LogP contribution in [0.1, 0.15) is 5.56 Å². The Morgan fingerprint density at radius 1 is 0.824 bits per heavy atom. The Morgan fingerprint density at radius 3 is 1.94 bits per heavy atom. The fraction of sp³-hybridized carbons (Fsp3) is 0. The maximum atomic E-state index is 5.70. The van der Waals surface area contributed by atoms with E-state index in [4.69, 9.17) is 9.31 Å². The van der Waals surface area contributed by atoms with Gasteiger partial charge in [0.25, 0.3) is 0 Å². The van der Waals surface area contributed by atoms with Gasteiger partial charge in [0.2, 0.25) is 0 Å². The highest BCUT2D eigenvalue weighted by molar-refractivity contribution is 6.70. The van der Waals surface area contributed by atoms with E-state index in [0.29, 0.717) is 0 Å². The van der Waals surface area contributed by atoms with Crippen molar-refractivity contribution in [2.45, 2.75) is 0 Å². The molecule has 0 unspecified atom stereocenters. The molecule has 0 fully saturated rings. The Hall–Kier alpha value is -2.16. The van der Waals surface area contributed by atoms with Crippen molar-refractivity contribution in [2.75, 3.05) is 0 Å². The lowest BCUT2D eigenvalue weighted by atomic mass is 9.75. The van der Waals surface area contributed by atoms with Crippen LogP contribution in [0.3, 0.4) is 0 Å². The molecule has 0 saturated carbocycles. The molecule has 0 aromatic heterocycles. The smallest absolute Gasteiger partial charge is 0.519 e. The second-order valence-corrected chi connectivity index (χ2v) is 3.91. The normalized spacial score (nSPS) is 12.6. The van der Waals surface area contributed by atoms with Gasteiger partial charge in [-0.1, -0.05) is 49.0 Å². The van der Waals surface area contributed by atoms with Crippen molar-refractivity contribution in [1.29, 1.82) is 0 Å². The van der Waals surface area contributed by atoms with Crippen molar-refractivity contribution in [3.63, 3.8) is 0 Å². The second-order valence-electron chi connectivity index (χ2n) is 3.91. The van der Waals surface area contributed by atoms with Crippen LogP contribution in [0.5, 0.6) is 11.5 Å². The van der Waals surface area contributed by atoms with Gasteiger partial charge in [-0.2, -0.15) is 0 Å². The Kier molecular flexibility index (Phi) is 2.37. The van der Waals surface area contributed by atoms with Gasteiger partial charge < -0.3 is 9.31 Å². The number of benzene rings is 2. The number of hydrogen-bond donors (Lipinski definition) is 0. The quantitative estimate of drug-likeness (QED) is 0.726. The number of rotatable bonds is 2. The molecule has 0 aliphatic carbocycles. The first kappa shape index (κ1) is 10.0. The molecule has 0 atom stereocenters. The minimum atomic E-state index is -0.421. The standard InChI is InChI=1S/C14H11BO2/c1-11(12-7-3-2-4-8-12)15-16-13-9-5-6-10-14(13)17-15/h2-10H,1H2. The van der Waals surface area contributed by atoms with Gasteiger partial charge in [-0.05, 0) is 17.7 Å². The van der Waals surface area contributed by atoms with Gasteiger partial charge in [0.15, 0.2) is 0 Å². The molecule has 1 aliphatic heterocycles. The molecule has 1 heterocycles. The van der Waals surface area contributed by atoms with Gasteiger partial charge in [0.05, 0.1) is 0 Å². The summed E-state index contributed by atoms with van der Waals surface area (Å²) in [6.45, 7) is 4.04. The summed E-state index contributed by atoms with van der Waals surface area (Å²) in [7, 11) is -0.421. The average Bonchev–Trinajstić information content (AvgIpc) is 2.82. The molecule has 3 rings (SSSR count). The molecule has 2 aromatic rings. The molecule has 3 heteroatoms. The molecule has 2 aromatic carbocycles. The van der Waals surface area contributed by atoms with Crippen LogP contribution in [0.15, 0.2) is 61.2 Å². The van der Waals surface area contributed by atoms with Gasteiger partial charge in [0, 0.05) is 5.47 Å². The summed E-state index contributed by atoms with van der Waals surface area (Å²) in [4.78, 5) is 0. The first-order chi connectivity index (χ1) is 8.34. The van der Waals surface area contributed by atoms with Gasteiger partial charge in [-0.15, -0.1) is 0 Å². The first-order valence-electron chi connectivity index (χ1n) is 5.51. The molecule has 2 nitrogen and oxygen atoms in total. The minimum Gasteiger partial charge on any atom is -0.519 e. The molecular formula is C14H11BO2. The molecule has 0 spiro atoms. The van der Waals surface area contributed by atoms with Crippen molar-refractivity contribution in [3.05, 3.63) is 66.7 Å². The summed E-state index contributed by atoms with van der Waals surface area (Å²) < 4.78 is 11.4. The van der Waals surface area contributed by atoms with E-state index >= 15 is 0 Å². The van der Waals surface area contributed by atoms with Crippen LogP contribution in [0.25, 0.3) is 5.47 Å². The van der Waals surface area contributed by atoms with Crippen molar-refractivity contribution < 1.29 is 9.31 Å². The number of hydrogen-bond acceptors (Lipinski definition) is 2. The number of fused-ring (bicyclic) bond motifs is 1. The van der Waals surface area contributed by atoms with E-state index in [1.807, 2.05) is 54.6 Å². The summed E-state index contributed by atoms with van der Waals surface area (Å²) in [5.41, 5.74) is 1.87. The summed E-state index contributed by atoms with van der Waals surface area (Å²) in [6.07, 6.45) is 0. The fourth-order valence-corrected chi connectivity index (χ4v) is 1.83. The largest absolute Gasteiger partial charge is 0.632 e. The van der Waals surface area contributed by atoms with E-state index in [9.17, 15) is 0 Å². The molecule has 1 aliphatic rings. The van der Waals surface area contributed by atoms with Crippen molar-refractivity contribution in [2.24, 2.45) is 0 Å². The summed E-state index contributed by atoms with van der Waals surface area (Å²) in [5, 5.41) is 0. The zero-order valence-electron chi connectivity index (χ0n) is 9.30. The van der Waals surface area contributed by atoms with Crippen LogP contribution in [0.2, 0.25) is 0 Å². The zero-order valence-corrected chi connectivity index (χ0v) is 9.30. The third-order valence-electron chi connectivity index (χ3n) is 2.75. The highest BCUT2D eigenvalue weighted by atomic mass is 16.6. The SMILES string of the molecule is C=C(B1Oc2ccccc2O1)c1ccccc1. The molecular weight excluding hydrogens is 211 g/mol. The fourth-order valence-electron chi connectivity index (χ4n) is 1.83. The monoisotopic (exact) mass is 222 g/mol. The van der Waals surface area contributed by atoms with Crippen LogP contribution in [-0.4, -0.2) is 7.12 Å². The van der Waals surface area contributed by atoms with Gasteiger partial charge in [0.1, 0.15) is 11.5 Å². The van der Waals surface area contributed by atoms with E-state index in [1.165, 1.54) is 0 Å². The Labute approximate surface area is 101 Å².